The molecule has 1 fully saturated rings. The Bertz CT molecular complexity index is 914. The van der Waals surface area contributed by atoms with Crippen molar-refractivity contribution in [2.24, 2.45) is 0 Å². The van der Waals surface area contributed by atoms with Gasteiger partial charge in [0.15, 0.2) is 6.29 Å². The van der Waals surface area contributed by atoms with Crippen molar-refractivity contribution >= 4 is 5.91 Å². The van der Waals surface area contributed by atoms with E-state index in [9.17, 15) is 30.3 Å². The number of aliphatic hydroxyl groups excluding tert-OH is 5. The van der Waals surface area contributed by atoms with E-state index < -0.39 is 49.5 Å². The molecule has 1 heterocycles. The van der Waals surface area contributed by atoms with Crippen molar-refractivity contribution in [3.8, 4) is 0 Å². The number of hydrogen-bond donors (Lipinski definition) is 6. The molecule has 0 aliphatic carbocycles. The molecule has 1 aliphatic heterocycles. The topological polar surface area (TPSA) is 149 Å². The first-order valence-corrected chi connectivity index (χ1v) is 23.1. The fourth-order valence-electron chi connectivity index (χ4n) is 7.29. The molecule has 1 aliphatic rings. The second-order valence-electron chi connectivity index (χ2n) is 16.2. The molecule has 1 amide bonds. The summed E-state index contributed by atoms with van der Waals surface area (Å²) in [4.78, 5) is 12.6. The number of hydrogen-bond acceptors (Lipinski definition) is 8. The largest absolute Gasteiger partial charge is 0.394 e. The summed E-state index contributed by atoms with van der Waals surface area (Å²) >= 11 is 0. The fraction of sp³-hybridized carbons (Fsp3) is 0.891. The number of nitrogens with one attached hydrogen (secondary N) is 1. The standard InChI is InChI=1S/C46H87NO8/c1-3-5-7-9-10-11-12-13-14-15-16-17-18-19-20-21-22-23-24-25-26-27-28-29-30-31-32-33-35-40(49)39(47-42(50)36-34-8-6-4-2)38-54-46-45(53)44(52)43(51)41(37-48)55-46/h29-30,33,35,39-41,43-46,48-49,51-53H,3-28,31-32,34,36-38H2,1-2H3,(H,47,50)/b30-29+,35-33+. The summed E-state index contributed by atoms with van der Waals surface area (Å²) in [6.07, 6.45) is 37.5. The molecule has 0 aromatic rings. The van der Waals surface area contributed by atoms with Crippen molar-refractivity contribution in [2.45, 2.75) is 249 Å². The Morgan fingerprint density at radius 2 is 1.04 bits per heavy atom. The van der Waals surface area contributed by atoms with Gasteiger partial charge in [0.2, 0.25) is 5.91 Å². The summed E-state index contributed by atoms with van der Waals surface area (Å²) in [6, 6.07) is -0.813. The Hall–Kier alpha value is -1.33. The Morgan fingerprint density at radius 3 is 1.53 bits per heavy atom. The van der Waals surface area contributed by atoms with Crippen molar-refractivity contribution in [1.82, 2.24) is 5.32 Å². The maximum absolute atomic E-state index is 12.6. The van der Waals surface area contributed by atoms with Gasteiger partial charge >= 0.3 is 0 Å². The molecule has 0 radical (unpaired) electrons. The lowest BCUT2D eigenvalue weighted by molar-refractivity contribution is -0.302. The summed E-state index contributed by atoms with van der Waals surface area (Å²) in [5, 5.41) is 53.7. The molecule has 1 saturated heterocycles. The highest BCUT2D eigenvalue weighted by Crippen LogP contribution is 2.22. The van der Waals surface area contributed by atoms with Crippen LogP contribution in [0.2, 0.25) is 0 Å². The number of carbonyl (C=O) groups is 1. The average molecular weight is 782 g/mol. The number of rotatable bonds is 38. The highest BCUT2D eigenvalue weighted by atomic mass is 16.7. The third-order valence-corrected chi connectivity index (χ3v) is 11.0. The molecule has 9 nitrogen and oxygen atoms in total. The molecular formula is C46H87NO8. The molecule has 6 N–H and O–H groups in total. The first-order valence-electron chi connectivity index (χ1n) is 23.1. The van der Waals surface area contributed by atoms with Gasteiger partial charge in [-0.3, -0.25) is 4.79 Å². The van der Waals surface area contributed by atoms with Gasteiger partial charge < -0.3 is 40.3 Å². The van der Waals surface area contributed by atoms with Crippen LogP contribution in [0.1, 0.15) is 206 Å². The molecule has 7 unspecified atom stereocenters. The zero-order valence-corrected chi connectivity index (χ0v) is 35.4. The zero-order valence-electron chi connectivity index (χ0n) is 35.4. The fourth-order valence-corrected chi connectivity index (χ4v) is 7.29. The number of unbranched alkanes of at least 4 members (excludes halogenated alkanes) is 26. The summed E-state index contributed by atoms with van der Waals surface area (Å²) in [7, 11) is 0. The molecule has 0 saturated carbocycles. The molecule has 1 rings (SSSR count). The summed E-state index contributed by atoms with van der Waals surface area (Å²) in [6.45, 7) is 3.63. The Kier molecular flexibility index (Phi) is 34.7. The van der Waals surface area contributed by atoms with Crippen LogP contribution < -0.4 is 5.32 Å². The van der Waals surface area contributed by atoms with E-state index >= 15 is 0 Å². The van der Waals surface area contributed by atoms with E-state index in [1.807, 2.05) is 6.08 Å². The lowest BCUT2D eigenvalue weighted by Gasteiger charge is -2.40. The molecule has 9 heteroatoms. The third kappa shape index (κ3) is 27.9. The number of allylic oxidation sites excluding steroid dienone is 3. The Balaban J connectivity index is 2.13. The van der Waals surface area contributed by atoms with Crippen LogP contribution >= 0.6 is 0 Å². The smallest absolute Gasteiger partial charge is 0.220 e. The number of amides is 1. The molecular weight excluding hydrogens is 695 g/mol. The number of ether oxygens (including phenoxy) is 2. The number of carbonyl (C=O) groups excluding carboxylic acids is 1. The van der Waals surface area contributed by atoms with Crippen LogP contribution in [0.25, 0.3) is 0 Å². The van der Waals surface area contributed by atoms with Crippen molar-refractivity contribution in [3.63, 3.8) is 0 Å². The maximum atomic E-state index is 12.6. The van der Waals surface area contributed by atoms with Gasteiger partial charge in [-0.1, -0.05) is 192 Å². The van der Waals surface area contributed by atoms with E-state index in [1.54, 1.807) is 6.08 Å². The van der Waals surface area contributed by atoms with Gasteiger partial charge in [0.25, 0.3) is 0 Å². The van der Waals surface area contributed by atoms with E-state index in [0.29, 0.717) is 6.42 Å². The highest BCUT2D eigenvalue weighted by molar-refractivity contribution is 5.76. The predicted octanol–water partition coefficient (Wildman–Crippen LogP) is 9.50. The van der Waals surface area contributed by atoms with Crippen LogP contribution in [0.4, 0.5) is 0 Å². The van der Waals surface area contributed by atoms with Crippen LogP contribution in [0.3, 0.4) is 0 Å². The lowest BCUT2D eigenvalue weighted by atomic mass is 9.99. The van der Waals surface area contributed by atoms with Crippen LogP contribution in [-0.2, 0) is 14.3 Å². The summed E-state index contributed by atoms with van der Waals surface area (Å²) in [5.41, 5.74) is 0. The minimum Gasteiger partial charge on any atom is -0.394 e. The van der Waals surface area contributed by atoms with Crippen molar-refractivity contribution in [1.29, 1.82) is 0 Å². The molecule has 55 heavy (non-hydrogen) atoms. The van der Waals surface area contributed by atoms with Gasteiger partial charge in [-0.15, -0.1) is 0 Å². The maximum Gasteiger partial charge on any atom is 0.220 e. The Morgan fingerprint density at radius 1 is 0.600 bits per heavy atom. The van der Waals surface area contributed by atoms with E-state index in [1.165, 1.54) is 141 Å². The van der Waals surface area contributed by atoms with E-state index in [-0.39, 0.29) is 12.5 Å². The molecule has 7 atom stereocenters. The minimum absolute atomic E-state index is 0.200. The monoisotopic (exact) mass is 782 g/mol. The van der Waals surface area contributed by atoms with Crippen molar-refractivity contribution in [2.75, 3.05) is 13.2 Å². The summed E-state index contributed by atoms with van der Waals surface area (Å²) < 4.78 is 11.1. The van der Waals surface area contributed by atoms with Crippen LogP contribution in [0.5, 0.6) is 0 Å². The van der Waals surface area contributed by atoms with E-state index in [0.717, 1.165) is 44.9 Å². The zero-order chi connectivity index (χ0) is 40.2. The first-order chi connectivity index (χ1) is 26.8. The number of aliphatic hydroxyl groups is 5. The summed E-state index contributed by atoms with van der Waals surface area (Å²) in [5.74, 6) is -0.204. The van der Waals surface area contributed by atoms with Gasteiger partial charge in [-0.2, -0.15) is 0 Å². The van der Waals surface area contributed by atoms with Gasteiger partial charge in [-0.25, -0.2) is 0 Å². The predicted molar refractivity (Wildman–Crippen MR) is 226 cm³/mol. The average Bonchev–Trinajstić information content (AvgIpc) is 3.18. The lowest BCUT2D eigenvalue weighted by Crippen LogP contribution is -2.60. The normalized spacial score (nSPS) is 21.5. The van der Waals surface area contributed by atoms with E-state index in [2.05, 4.69) is 31.3 Å². The second kappa shape index (κ2) is 37.0. The molecule has 0 spiro atoms. The van der Waals surface area contributed by atoms with Gasteiger partial charge in [0, 0.05) is 6.42 Å². The van der Waals surface area contributed by atoms with Crippen LogP contribution in [-0.4, -0.2) is 87.5 Å². The van der Waals surface area contributed by atoms with Gasteiger partial charge in [0.1, 0.15) is 24.4 Å². The van der Waals surface area contributed by atoms with Crippen LogP contribution in [0, 0.1) is 0 Å². The van der Waals surface area contributed by atoms with E-state index in [4.69, 9.17) is 9.47 Å². The molecule has 0 aromatic carbocycles. The quantitative estimate of drug-likeness (QED) is 0.0268. The van der Waals surface area contributed by atoms with Gasteiger partial charge in [-0.05, 0) is 32.1 Å². The second-order valence-corrected chi connectivity index (χ2v) is 16.2. The molecule has 324 valence electrons. The molecule has 0 bridgehead atoms. The van der Waals surface area contributed by atoms with Crippen LogP contribution in [0.15, 0.2) is 24.3 Å². The highest BCUT2D eigenvalue weighted by Gasteiger charge is 2.44. The SMILES string of the molecule is CCCCCCCCCCCCCCCCCCCCCCCC/C=C/CC/C=C/C(O)C(COC1OC(CO)C(O)C(O)C1O)NC(=O)CCCCCC. The Labute approximate surface area is 337 Å². The third-order valence-electron chi connectivity index (χ3n) is 11.0. The van der Waals surface area contributed by atoms with Crippen molar-refractivity contribution in [3.05, 3.63) is 24.3 Å². The minimum atomic E-state index is -1.57. The molecule has 0 aromatic heterocycles. The van der Waals surface area contributed by atoms with Gasteiger partial charge in [0.05, 0.1) is 25.4 Å². The van der Waals surface area contributed by atoms with Crippen molar-refractivity contribution < 1.29 is 39.8 Å². The first kappa shape index (κ1) is 51.7.